The number of imidazole rings is 6. The highest BCUT2D eigenvalue weighted by atomic mass is 15.0. The fourth-order valence-electron chi connectivity index (χ4n) is 7.19. The van der Waals surface area contributed by atoms with Crippen molar-refractivity contribution in [3.8, 4) is 0 Å². The van der Waals surface area contributed by atoms with Gasteiger partial charge in [0.2, 0.25) is 0 Å². The van der Waals surface area contributed by atoms with Crippen molar-refractivity contribution in [2.24, 2.45) is 0 Å². The highest BCUT2D eigenvalue weighted by Gasteiger charge is 2.19. The molecule has 0 bridgehead atoms. The van der Waals surface area contributed by atoms with Crippen LogP contribution in [0.3, 0.4) is 0 Å². The van der Waals surface area contributed by atoms with E-state index in [1.54, 1.807) is 0 Å². The summed E-state index contributed by atoms with van der Waals surface area (Å²) >= 11 is 0. The van der Waals surface area contributed by atoms with Crippen molar-refractivity contribution in [2.75, 3.05) is 0 Å². The molecular formula is C46H58N12. The molecule has 0 amide bonds. The van der Waals surface area contributed by atoms with Gasteiger partial charge in [0.05, 0.1) is 34.2 Å². The molecule has 0 spiro atoms. The van der Waals surface area contributed by atoms with Gasteiger partial charge in [-0.1, -0.05) is 67.6 Å². The summed E-state index contributed by atoms with van der Waals surface area (Å²) in [7, 11) is 0. The van der Waals surface area contributed by atoms with E-state index in [9.17, 15) is 0 Å². The van der Waals surface area contributed by atoms with E-state index in [0.717, 1.165) is 111 Å². The normalized spacial score (nSPS) is 11.0. The van der Waals surface area contributed by atoms with E-state index in [1.807, 2.05) is 46.8 Å². The van der Waals surface area contributed by atoms with Gasteiger partial charge in [0.1, 0.15) is 34.9 Å². The summed E-state index contributed by atoms with van der Waals surface area (Å²) in [6.45, 7) is 20.3. The van der Waals surface area contributed by atoms with Gasteiger partial charge in [0.25, 0.3) is 0 Å². The first kappa shape index (κ1) is 41.3. The van der Waals surface area contributed by atoms with Crippen LogP contribution in [0.4, 0.5) is 0 Å². The molecule has 2 aromatic carbocycles. The third kappa shape index (κ3) is 11.0. The largest absolute Gasteiger partial charge is 0.346 e. The van der Waals surface area contributed by atoms with Crippen molar-refractivity contribution >= 4 is 0 Å². The molecule has 0 saturated heterocycles. The molecule has 0 unspecified atom stereocenters. The van der Waals surface area contributed by atoms with E-state index >= 15 is 0 Å². The zero-order chi connectivity index (χ0) is 41.3. The fourth-order valence-corrected chi connectivity index (χ4v) is 7.19. The Labute approximate surface area is 341 Å². The van der Waals surface area contributed by atoms with Crippen molar-refractivity contribution in [3.63, 3.8) is 0 Å². The quantitative estimate of drug-likeness (QED) is 0.0767. The molecule has 58 heavy (non-hydrogen) atoms. The minimum Gasteiger partial charge on any atom is -0.346 e. The van der Waals surface area contributed by atoms with Crippen LogP contribution in [-0.4, -0.2) is 59.8 Å². The summed E-state index contributed by atoms with van der Waals surface area (Å²) in [6, 6.07) is 20.8. The summed E-state index contributed by atoms with van der Waals surface area (Å²) in [4.78, 5) is 48.0. The van der Waals surface area contributed by atoms with Crippen molar-refractivity contribution < 1.29 is 0 Å². The summed E-state index contributed by atoms with van der Waals surface area (Å²) in [5, 5.41) is 0. The van der Waals surface area contributed by atoms with E-state index in [-0.39, 0.29) is 0 Å². The predicted molar refractivity (Wildman–Crippen MR) is 230 cm³/mol. The van der Waals surface area contributed by atoms with Gasteiger partial charge in [-0.25, -0.2) is 29.9 Å². The molecule has 6 aromatic heterocycles. The van der Waals surface area contributed by atoms with Crippen molar-refractivity contribution in [3.05, 3.63) is 175 Å². The SMILES string of the molecule is CCc1nc(C)[nH]c1C.Cc1nc(Cc2ccccc2)[nH]c1C.Cc1nc(Cc2nc(C)[nH]c2Cc2[nH]c(C)nc2Cc2nc(Cc3ccccc3)[nH]c2C)c(C)[nH]1. The molecule has 0 radical (unpaired) electrons. The molecule has 0 aliphatic carbocycles. The van der Waals surface area contributed by atoms with Crippen LogP contribution in [0.15, 0.2) is 60.7 Å². The zero-order valence-corrected chi connectivity index (χ0v) is 35.7. The summed E-state index contributed by atoms with van der Waals surface area (Å²) in [5.74, 6) is 5.79. The van der Waals surface area contributed by atoms with Crippen LogP contribution >= 0.6 is 0 Å². The number of aryl methyl sites for hydroxylation is 10. The molecule has 0 fully saturated rings. The van der Waals surface area contributed by atoms with Gasteiger partial charge in [-0.2, -0.15) is 0 Å². The van der Waals surface area contributed by atoms with Gasteiger partial charge in [0, 0.05) is 66.3 Å². The van der Waals surface area contributed by atoms with Crippen LogP contribution in [0, 0.1) is 62.3 Å². The molecule has 302 valence electrons. The molecule has 8 aromatic rings. The maximum Gasteiger partial charge on any atom is 0.111 e. The third-order valence-corrected chi connectivity index (χ3v) is 10.2. The Balaban J connectivity index is 0.000000200. The average molecular weight is 779 g/mol. The predicted octanol–water partition coefficient (Wildman–Crippen LogP) is 8.69. The minimum atomic E-state index is 0.677. The van der Waals surface area contributed by atoms with Crippen LogP contribution in [0.2, 0.25) is 0 Å². The standard InChI is InChI=1S/C27H32N8.C12H14N2.C7H12N2/c1-15-21(30-17(3)28-15)12-23-25(33-18(4)31-23)14-26-24(32-19(5)34-26)13-22-16(2)29-27(35-22)11-20-9-7-6-8-10-20;1-9-10(2)14-12(13-9)8-11-6-4-3-5-7-11;1-4-7-5(2)8-6(3)9-7/h6-10H,11-14H2,1-5H3,(H,28,30)(H,29,35)(H,31,33)(H,32,34);3-7H,8H2,1-2H3,(H,13,14);4H2,1-3H3,(H,8,9). The number of nitrogens with zero attached hydrogens (tertiary/aromatic N) is 6. The Morgan fingerprint density at radius 3 is 1.17 bits per heavy atom. The van der Waals surface area contributed by atoms with Crippen LogP contribution < -0.4 is 0 Å². The summed E-state index contributed by atoms with van der Waals surface area (Å²) in [5.41, 5.74) is 15.7. The molecular weight excluding hydrogens is 721 g/mol. The topological polar surface area (TPSA) is 172 Å². The van der Waals surface area contributed by atoms with Gasteiger partial charge in [0.15, 0.2) is 0 Å². The van der Waals surface area contributed by atoms with E-state index < -0.39 is 0 Å². The Hall–Kier alpha value is -6.30. The second-order valence-corrected chi connectivity index (χ2v) is 15.1. The smallest absolute Gasteiger partial charge is 0.111 e. The molecule has 12 heteroatoms. The van der Waals surface area contributed by atoms with Crippen LogP contribution in [0.1, 0.15) is 121 Å². The van der Waals surface area contributed by atoms with E-state index in [1.165, 1.54) is 22.5 Å². The van der Waals surface area contributed by atoms with Gasteiger partial charge in [-0.3, -0.25) is 0 Å². The Bertz CT molecular complexity index is 2500. The maximum atomic E-state index is 4.91. The zero-order valence-electron chi connectivity index (χ0n) is 35.7. The van der Waals surface area contributed by atoms with Crippen LogP contribution in [-0.2, 0) is 38.5 Å². The highest BCUT2D eigenvalue weighted by Crippen LogP contribution is 2.21. The Kier molecular flexibility index (Phi) is 13.4. The van der Waals surface area contributed by atoms with E-state index in [0.29, 0.717) is 19.3 Å². The fraction of sp³-hybridized carbons (Fsp3) is 0.348. The lowest BCUT2D eigenvalue weighted by Gasteiger charge is -2.04. The summed E-state index contributed by atoms with van der Waals surface area (Å²) < 4.78 is 0. The molecule has 8 rings (SSSR count). The third-order valence-electron chi connectivity index (χ3n) is 10.2. The van der Waals surface area contributed by atoms with Gasteiger partial charge in [-0.15, -0.1) is 0 Å². The second kappa shape index (κ2) is 18.8. The first-order valence-corrected chi connectivity index (χ1v) is 20.1. The first-order chi connectivity index (χ1) is 27.8. The van der Waals surface area contributed by atoms with Crippen LogP contribution in [0.25, 0.3) is 0 Å². The molecule has 6 heterocycles. The number of benzene rings is 2. The molecule has 0 aliphatic heterocycles. The number of aromatic nitrogens is 12. The van der Waals surface area contributed by atoms with Gasteiger partial charge in [-0.05, 0) is 79.9 Å². The number of aromatic amines is 6. The van der Waals surface area contributed by atoms with Crippen LogP contribution in [0.5, 0.6) is 0 Å². The van der Waals surface area contributed by atoms with Gasteiger partial charge >= 0.3 is 0 Å². The number of hydrogen-bond donors (Lipinski definition) is 6. The molecule has 12 nitrogen and oxygen atoms in total. The monoisotopic (exact) mass is 778 g/mol. The number of nitrogens with one attached hydrogen (secondary N) is 6. The molecule has 0 atom stereocenters. The van der Waals surface area contributed by atoms with E-state index in [2.05, 4.69) is 128 Å². The number of H-pyrrole nitrogens is 6. The molecule has 6 N–H and O–H groups in total. The maximum absolute atomic E-state index is 4.91. The van der Waals surface area contributed by atoms with Crippen molar-refractivity contribution in [2.45, 2.75) is 108 Å². The summed E-state index contributed by atoms with van der Waals surface area (Å²) in [6.07, 6.45) is 4.77. The first-order valence-electron chi connectivity index (χ1n) is 20.1. The number of hydrogen-bond acceptors (Lipinski definition) is 6. The highest BCUT2D eigenvalue weighted by molar-refractivity contribution is 5.32. The lowest BCUT2D eigenvalue weighted by molar-refractivity contribution is 0.939. The van der Waals surface area contributed by atoms with Crippen molar-refractivity contribution in [1.29, 1.82) is 0 Å². The van der Waals surface area contributed by atoms with E-state index in [4.69, 9.17) is 15.0 Å². The lowest BCUT2D eigenvalue weighted by Crippen LogP contribution is -2.02. The average Bonchev–Trinajstić information content (AvgIpc) is 4.02. The molecule has 0 aliphatic rings. The van der Waals surface area contributed by atoms with Crippen molar-refractivity contribution in [1.82, 2.24) is 59.8 Å². The second-order valence-electron chi connectivity index (χ2n) is 15.1. The van der Waals surface area contributed by atoms with Gasteiger partial charge < -0.3 is 29.9 Å². The number of rotatable bonds is 11. The Morgan fingerprint density at radius 2 is 0.759 bits per heavy atom. The Morgan fingerprint density at radius 1 is 0.362 bits per heavy atom. The molecule has 0 saturated carbocycles. The lowest BCUT2D eigenvalue weighted by atomic mass is 10.1. The minimum absolute atomic E-state index is 0.677.